The van der Waals surface area contributed by atoms with Crippen molar-refractivity contribution >= 4 is 35.0 Å². The molecule has 0 spiro atoms. The second kappa shape index (κ2) is 11.7. The number of unbranched alkanes of at least 4 members (excludes halogenated alkanes) is 1. The Kier molecular flexibility index (Phi) is 9.02. The first kappa shape index (κ1) is 25.4. The van der Waals surface area contributed by atoms with E-state index in [1.165, 1.54) is 35.2 Å². The molecule has 11 heteroatoms. The predicted octanol–water partition coefficient (Wildman–Crippen LogP) is 5.28. The highest BCUT2D eigenvalue weighted by Gasteiger charge is 2.32. The van der Waals surface area contributed by atoms with Crippen molar-refractivity contribution in [3.8, 4) is 5.75 Å². The average Bonchev–Trinajstić information content (AvgIpc) is 3.39. The van der Waals surface area contributed by atoms with E-state index in [9.17, 15) is 22.8 Å². The van der Waals surface area contributed by atoms with Crippen LogP contribution in [0.15, 0.2) is 34.0 Å². The Morgan fingerprint density at radius 1 is 1.36 bits per heavy atom. The Bertz CT molecular complexity index is 952. The molecule has 1 aliphatic heterocycles. The number of carbonyl (C=O) groups excluding carboxylic acids is 2. The lowest BCUT2D eigenvalue weighted by atomic mass is 10.2. The summed E-state index contributed by atoms with van der Waals surface area (Å²) < 4.78 is 50.1. The Hall–Kier alpha value is -2.27. The summed E-state index contributed by atoms with van der Waals surface area (Å²) >= 11 is 2.78. The third-order valence-electron chi connectivity index (χ3n) is 5.04. The number of thioether (sulfide) groups is 1. The number of likely N-dealkylation sites (tertiary alicyclic amines) is 1. The van der Waals surface area contributed by atoms with E-state index >= 15 is 0 Å². The number of alkyl halides is 3. The summed E-state index contributed by atoms with van der Waals surface area (Å²) in [6, 6.07) is 4.52. The Balaban J connectivity index is 1.47. The van der Waals surface area contributed by atoms with Gasteiger partial charge in [-0.15, -0.1) is 11.3 Å². The number of aromatic nitrogens is 1. The highest BCUT2D eigenvalue weighted by molar-refractivity contribution is 8.01. The first-order valence-corrected chi connectivity index (χ1v) is 12.5. The predicted molar refractivity (Wildman–Crippen MR) is 120 cm³/mol. The number of halogens is 3. The molecule has 1 unspecified atom stereocenters. The van der Waals surface area contributed by atoms with Crippen molar-refractivity contribution in [3.05, 3.63) is 40.9 Å². The molecule has 1 aromatic carbocycles. The van der Waals surface area contributed by atoms with E-state index in [4.69, 9.17) is 9.47 Å². The number of thiazole rings is 1. The lowest BCUT2D eigenvalue weighted by Gasteiger charge is -2.24. The van der Waals surface area contributed by atoms with Gasteiger partial charge in [-0.05, 0) is 31.0 Å². The van der Waals surface area contributed by atoms with Gasteiger partial charge in [0.15, 0.2) is 10.0 Å². The molecule has 6 nitrogen and oxygen atoms in total. The Morgan fingerprint density at radius 3 is 2.94 bits per heavy atom. The summed E-state index contributed by atoms with van der Waals surface area (Å²) in [5.74, 6) is 0.254. The minimum Gasteiger partial charge on any atom is -0.491 e. The SMILES string of the molecule is CCCCOC(=O)c1csc(SCCN2C(=O)CCC2COc2cccc(C(F)(F)F)c2)n1. The van der Waals surface area contributed by atoms with Crippen LogP contribution in [-0.2, 0) is 15.7 Å². The summed E-state index contributed by atoms with van der Waals surface area (Å²) in [5, 5.41) is 1.66. The van der Waals surface area contributed by atoms with Gasteiger partial charge in [0.05, 0.1) is 18.2 Å². The topological polar surface area (TPSA) is 68.7 Å². The molecule has 0 saturated carbocycles. The molecule has 3 rings (SSSR count). The molecule has 1 amide bonds. The van der Waals surface area contributed by atoms with E-state index in [0.717, 1.165) is 25.0 Å². The van der Waals surface area contributed by atoms with Crippen molar-refractivity contribution in [1.29, 1.82) is 0 Å². The van der Waals surface area contributed by atoms with E-state index in [2.05, 4.69) is 4.98 Å². The van der Waals surface area contributed by atoms with E-state index < -0.39 is 17.7 Å². The molecular formula is C22H25F3N2O4S2. The molecule has 1 aromatic heterocycles. The second-order valence-corrected chi connectivity index (χ2v) is 9.65. The number of carbonyl (C=O) groups is 2. The quantitative estimate of drug-likeness (QED) is 0.237. The van der Waals surface area contributed by atoms with Crippen molar-refractivity contribution in [1.82, 2.24) is 9.88 Å². The van der Waals surface area contributed by atoms with Crippen LogP contribution in [0, 0.1) is 0 Å². The van der Waals surface area contributed by atoms with Crippen molar-refractivity contribution in [3.63, 3.8) is 0 Å². The number of amides is 1. The number of ether oxygens (including phenoxy) is 2. The van der Waals surface area contributed by atoms with Gasteiger partial charge in [-0.2, -0.15) is 13.2 Å². The first-order valence-electron chi connectivity index (χ1n) is 10.6. The fourth-order valence-electron chi connectivity index (χ4n) is 3.26. The third kappa shape index (κ3) is 7.36. The summed E-state index contributed by atoms with van der Waals surface area (Å²) in [5.41, 5.74) is -0.490. The Labute approximate surface area is 198 Å². The lowest BCUT2D eigenvalue weighted by Crippen LogP contribution is -2.38. The van der Waals surface area contributed by atoms with Crippen LogP contribution in [0.1, 0.15) is 48.7 Å². The van der Waals surface area contributed by atoms with Crippen LogP contribution in [0.5, 0.6) is 5.75 Å². The van der Waals surface area contributed by atoms with Crippen molar-refractivity contribution in [2.75, 3.05) is 25.5 Å². The maximum Gasteiger partial charge on any atom is 0.416 e. The van der Waals surface area contributed by atoms with Crippen molar-refractivity contribution in [2.24, 2.45) is 0 Å². The fraction of sp³-hybridized carbons (Fsp3) is 0.500. The van der Waals surface area contributed by atoms with Crippen molar-refractivity contribution < 1.29 is 32.2 Å². The van der Waals surface area contributed by atoms with Crippen LogP contribution in [0.25, 0.3) is 0 Å². The second-order valence-electron chi connectivity index (χ2n) is 7.45. The Morgan fingerprint density at radius 2 is 2.18 bits per heavy atom. The van der Waals surface area contributed by atoms with E-state index in [1.807, 2.05) is 6.92 Å². The number of hydrogen-bond acceptors (Lipinski definition) is 7. The molecule has 1 saturated heterocycles. The zero-order valence-electron chi connectivity index (χ0n) is 18.1. The summed E-state index contributed by atoms with van der Waals surface area (Å²) in [6.45, 7) is 2.97. The number of esters is 1. The fourth-order valence-corrected chi connectivity index (χ4v) is 5.06. The highest BCUT2D eigenvalue weighted by atomic mass is 32.2. The first-order chi connectivity index (χ1) is 15.8. The molecule has 0 bridgehead atoms. The minimum atomic E-state index is -4.44. The van der Waals surface area contributed by atoms with Gasteiger partial charge >= 0.3 is 12.1 Å². The number of benzene rings is 1. The molecule has 180 valence electrons. The van der Waals surface area contributed by atoms with Gasteiger partial charge in [-0.25, -0.2) is 9.78 Å². The average molecular weight is 503 g/mol. The summed E-state index contributed by atoms with van der Waals surface area (Å²) in [6.07, 6.45) is -1.72. The molecule has 0 N–H and O–H groups in total. The van der Waals surface area contributed by atoms with Gasteiger partial charge in [0, 0.05) is 24.1 Å². The third-order valence-corrected chi connectivity index (χ3v) is 7.04. The normalized spacial score (nSPS) is 16.3. The maximum absolute atomic E-state index is 12.9. The lowest BCUT2D eigenvalue weighted by molar-refractivity contribution is -0.137. The van der Waals surface area contributed by atoms with Gasteiger partial charge in [-0.1, -0.05) is 31.2 Å². The monoisotopic (exact) mass is 502 g/mol. The summed E-state index contributed by atoms with van der Waals surface area (Å²) in [4.78, 5) is 30.2. The van der Waals surface area contributed by atoms with Crippen LogP contribution in [0.3, 0.4) is 0 Å². The van der Waals surface area contributed by atoms with Gasteiger partial charge in [0.25, 0.3) is 0 Å². The van der Waals surface area contributed by atoms with Gasteiger partial charge in [0.1, 0.15) is 12.4 Å². The van der Waals surface area contributed by atoms with E-state index in [0.29, 0.717) is 36.1 Å². The van der Waals surface area contributed by atoms with Crippen molar-refractivity contribution in [2.45, 2.75) is 49.2 Å². The molecule has 1 atom stereocenters. The molecular weight excluding hydrogens is 477 g/mol. The largest absolute Gasteiger partial charge is 0.491 e. The van der Waals surface area contributed by atoms with E-state index in [-0.39, 0.29) is 30.0 Å². The number of hydrogen-bond donors (Lipinski definition) is 0. The zero-order valence-corrected chi connectivity index (χ0v) is 19.7. The van der Waals surface area contributed by atoms with Crippen LogP contribution >= 0.6 is 23.1 Å². The smallest absolute Gasteiger partial charge is 0.416 e. The van der Waals surface area contributed by atoms with Gasteiger partial charge in [-0.3, -0.25) is 4.79 Å². The summed E-state index contributed by atoms with van der Waals surface area (Å²) in [7, 11) is 0. The molecule has 1 fully saturated rings. The van der Waals surface area contributed by atoms with Crippen LogP contribution in [-0.4, -0.2) is 53.3 Å². The number of nitrogens with zero attached hydrogens (tertiary/aromatic N) is 2. The van der Waals surface area contributed by atoms with E-state index in [1.54, 1.807) is 10.3 Å². The molecule has 2 aromatic rings. The highest BCUT2D eigenvalue weighted by Crippen LogP contribution is 2.32. The number of rotatable bonds is 11. The molecule has 0 radical (unpaired) electrons. The van der Waals surface area contributed by atoms with Crippen LogP contribution in [0.2, 0.25) is 0 Å². The minimum absolute atomic E-state index is 0.00688. The molecule has 1 aliphatic rings. The molecule has 2 heterocycles. The molecule has 33 heavy (non-hydrogen) atoms. The van der Waals surface area contributed by atoms with Crippen LogP contribution in [0.4, 0.5) is 13.2 Å². The molecule has 0 aliphatic carbocycles. The van der Waals surface area contributed by atoms with Crippen LogP contribution < -0.4 is 4.74 Å². The standard InChI is InChI=1S/C22H25F3N2O4S2/c1-2-3-10-30-20(29)18-14-33-21(26-18)32-11-9-27-16(7-8-19(27)28)13-31-17-6-4-5-15(12-17)22(23,24)25/h4-6,12,14,16H,2-3,7-11,13H2,1H3. The zero-order chi connectivity index (χ0) is 23.8. The van der Waals surface area contributed by atoms with Gasteiger partial charge in [0.2, 0.25) is 5.91 Å². The van der Waals surface area contributed by atoms with Gasteiger partial charge < -0.3 is 14.4 Å². The maximum atomic E-state index is 12.9.